The van der Waals surface area contributed by atoms with E-state index in [0.717, 1.165) is 0 Å². The second-order valence-corrected chi connectivity index (χ2v) is 8.64. The van der Waals surface area contributed by atoms with E-state index in [0.29, 0.717) is 33.5 Å². The molecular formula is C23H24N4O3. The van der Waals surface area contributed by atoms with Crippen LogP contribution in [0.5, 0.6) is 0 Å². The van der Waals surface area contributed by atoms with Gasteiger partial charge in [0, 0.05) is 16.5 Å². The van der Waals surface area contributed by atoms with Crippen LogP contribution in [0.2, 0.25) is 0 Å². The maximum absolute atomic E-state index is 13.1. The van der Waals surface area contributed by atoms with Crippen LogP contribution in [0.3, 0.4) is 0 Å². The molecule has 0 saturated carbocycles. The van der Waals surface area contributed by atoms with Gasteiger partial charge in [-0.25, -0.2) is 9.67 Å². The van der Waals surface area contributed by atoms with Crippen LogP contribution in [0.15, 0.2) is 51.7 Å². The fourth-order valence-electron chi connectivity index (χ4n) is 3.24. The van der Waals surface area contributed by atoms with E-state index >= 15 is 0 Å². The first-order valence-electron chi connectivity index (χ1n) is 9.89. The molecule has 2 heterocycles. The van der Waals surface area contributed by atoms with Crippen LogP contribution in [0.1, 0.15) is 57.0 Å². The van der Waals surface area contributed by atoms with E-state index in [2.05, 4.69) is 15.4 Å². The number of nitrogens with one attached hydrogen (secondary N) is 1. The van der Waals surface area contributed by atoms with Crippen molar-refractivity contribution in [1.29, 1.82) is 0 Å². The number of hydrogen-bond donors (Lipinski definition) is 1. The van der Waals surface area contributed by atoms with Crippen molar-refractivity contribution in [3.8, 4) is 0 Å². The normalized spacial score (nSPS) is 12.1. The Morgan fingerprint density at radius 2 is 1.80 bits per heavy atom. The topological polar surface area (TPSA) is 90.0 Å². The number of carbonyl (C=O) groups is 1. The molecule has 2 aromatic heterocycles. The van der Waals surface area contributed by atoms with Crippen LogP contribution >= 0.6 is 0 Å². The highest BCUT2D eigenvalue weighted by Crippen LogP contribution is 2.27. The van der Waals surface area contributed by atoms with Crippen molar-refractivity contribution in [2.45, 2.75) is 46.1 Å². The summed E-state index contributed by atoms with van der Waals surface area (Å²) in [4.78, 5) is 30.3. The van der Waals surface area contributed by atoms with Gasteiger partial charge in [-0.1, -0.05) is 39.0 Å². The van der Waals surface area contributed by atoms with Crippen LogP contribution in [0.25, 0.3) is 21.9 Å². The summed E-state index contributed by atoms with van der Waals surface area (Å²) in [6.07, 6.45) is 0. The lowest BCUT2D eigenvalue weighted by molar-refractivity contribution is 0.102. The van der Waals surface area contributed by atoms with Gasteiger partial charge in [0.05, 0.1) is 11.4 Å². The van der Waals surface area contributed by atoms with Gasteiger partial charge < -0.3 is 9.73 Å². The molecule has 0 aliphatic heterocycles. The quantitative estimate of drug-likeness (QED) is 0.536. The average Bonchev–Trinajstić information content (AvgIpc) is 3.12. The maximum Gasteiger partial charge on any atom is 0.276 e. The molecule has 1 amide bonds. The number of benzene rings is 2. The molecule has 7 heteroatoms. The first-order valence-corrected chi connectivity index (χ1v) is 9.89. The van der Waals surface area contributed by atoms with Gasteiger partial charge >= 0.3 is 0 Å². The van der Waals surface area contributed by atoms with Crippen LogP contribution < -0.4 is 10.9 Å². The molecule has 2 aromatic carbocycles. The van der Waals surface area contributed by atoms with E-state index < -0.39 is 0 Å². The first-order chi connectivity index (χ1) is 14.1. The van der Waals surface area contributed by atoms with Crippen molar-refractivity contribution < 1.29 is 9.21 Å². The number of fused-ring (bicyclic) bond motifs is 2. The standard InChI is InChI=1S/C23H24N4O3/c1-13(2)27-21(29)16-9-7-6-8-15(16)19(26-27)20(28)24-14-10-11-18-17(12-14)25-22(30-18)23(3,4)5/h6-13H,1-5H3,(H,24,28). The molecule has 0 aliphatic carbocycles. The Morgan fingerprint density at radius 3 is 2.47 bits per heavy atom. The molecule has 4 aromatic rings. The number of anilines is 1. The number of hydrogen-bond acceptors (Lipinski definition) is 5. The SMILES string of the molecule is CC(C)n1nc(C(=O)Nc2ccc3oc(C(C)(C)C)nc3c2)c2ccccc2c1=O. The van der Waals surface area contributed by atoms with Crippen molar-refractivity contribution in [3.05, 3.63) is 64.4 Å². The number of amides is 1. The molecule has 4 rings (SSSR count). The smallest absolute Gasteiger partial charge is 0.276 e. The predicted molar refractivity (Wildman–Crippen MR) is 117 cm³/mol. The van der Waals surface area contributed by atoms with Gasteiger partial charge in [0.2, 0.25) is 5.89 Å². The third kappa shape index (κ3) is 3.47. The lowest BCUT2D eigenvalue weighted by Gasteiger charge is -2.13. The molecule has 0 fully saturated rings. The fraction of sp³-hybridized carbons (Fsp3) is 0.304. The number of nitrogens with zero attached hydrogens (tertiary/aromatic N) is 3. The lowest BCUT2D eigenvalue weighted by Crippen LogP contribution is -2.28. The van der Waals surface area contributed by atoms with Crippen LogP contribution in [-0.4, -0.2) is 20.7 Å². The second-order valence-electron chi connectivity index (χ2n) is 8.64. The summed E-state index contributed by atoms with van der Waals surface area (Å²) in [5.74, 6) is 0.247. The van der Waals surface area contributed by atoms with Crippen LogP contribution in [0, 0.1) is 0 Å². The summed E-state index contributed by atoms with van der Waals surface area (Å²) in [5, 5.41) is 8.22. The average molecular weight is 404 g/mol. The molecule has 154 valence electrons. The largest absolute Gasteiger partial charge is 0.440 e. The lowest BCUT2D eigenvalue weighted by atomic mass is 9.97. The van der Waals surface area contributed by atoms with E-state index in [4.69, 9.17) is 4.42 Å². The van der Waals surface area contributed by atoms with E-state index in [-0.39, 0.29) is 28.6 Å². The summed E-state index contributed by atoms with van der Waals surface area (Å²) in [5.41, 5.74) is 1.69. The summed E-state index contributed by atoms with van der Waals surface area (Å²) in [6, 6.07) is 12.2. The van der Waals surface area contributed by atoms with Gasteiger partial charge in [0.15, 0.2) is 11.3 Å². The molecule has 0 bridgehead atoms. The zero-order valence-electron chi connectivity index (χ0n) is 17.7. The van der Waals surface area contributed by atoms with Gasteiger partial charge in [-0.2, -0.15) is 5.10 Å². The zero-order valence-corrected chi connectivity index (χ0v) is 17.7. The molecule has 0 spiro atoms. The molecule has 30 heavy (non-hydrogen) atoms. The molecule has 0 saturated heterocycles. The van der Waals surface area contributed by atoms with Crippen LogP contribution in [-0.2, 0) is 5.41 Å². The first kappa shape index (κ1) is 19.8. The molecule has 0 aliphatic rings. The van der Waals surface area contributed by atoms with Crippen molar-refractivity contribution in [1.82, 2.24) is 14.8 Å². The Hall–Kier alpha value is -3.48. The number of carbonyl (C=O) groups excluding carboxylic acids is 1. The Bertz CT molecular complexity index is 1330. The van der Waals surface area contributed by atoms with Crippen molar-refractivity contribution >= 4 is 33.5 Å². The fourth-order valence-corrected chi connectivity index (χ4v) is 3.24. The van der Waals surface area contributed by atoms with E-state index in [1.54, 1.807) is 42.5 Å². The molecule has 7 nitrogen and oxygen atoms in total. The summed E-state index contributed by atoms with van der Waals surface area (Å²) >= 11 is 0. The molecule has 0 atom stereocenters. The molecule has 0 radical (unpaired) electrons. The minimum absolute atomic E-state index is 0.170. The monoisotopic (exact) mass is 404 g/mol. The van der Waals surface area contributed by atoms with Gasteiger partial charge in [-0.05, 0) is 38.1 Å². The maximum atomic E-state index is 13.1. The van der Waals surface area contributed by atoms with E-state index in [1.165, 1.54) is 4.68 Å². The van der Waals surface area contributed by atoms with E-state index in [1.807, 2.05) is 34.6 Å². The second kappa shape index (κ2) is 7.09. The summed E-state index contributed by atoms with van der Waals surface area (Å²) in [7, 11) is 0. The molecule has 1 N–H and O–H groups in total. The summed E-state index contributed by atoms with van der Waals surface area (Å²) < 4.78 is 7.16. The Morgan fingerprint density at radius 1 is 1.10 bits per heavy atom. The number of oxazole rings is 1. The highest BCUT2D eigenvalue weighted by Gasteiger charge is 2.22. The van der Waals surface area contributed by atoms with Gasteiger partial charge in [0.25, 0.3) is 11.5 Å². The number of rotatable bonds is 3. The van der Waals surface area contributed by atoms with Crippen molar-refractivity contribution in [2.75, 3.05) is 5.32 Å². The minimum Gasteiger partial charge on any atom is -0.440 e. The van der Waals surface area contributed by atoms with Crippen molar-refractivity contribution in [2.24, 2.45) is 0 Å². The van der Waals surface area contributed by atoms with Crippen molar-refractivity contribution in [3.63, 3.8) is 0 Å². The Kier molecular flexibility index (Phi) is 4.68. The molecular weight excluding hydrogens is 380 g/mol. The third-order valence-corrected chi connectivity index (χ3v) is 4.82. The van der Waals surface area contributed by atoms with Gasteiger partial charge in [-0.15, -0.1) is 0 Å². The molecule has 0 unspecified atom stereocenters. The Labute approximate surface area is 173 Å². The number of aromatic nitrogens is 3. The summed E-state index contributed by atoms with van der Waals surface area (Å²) in [6.45, 7) is 9.80. The zero-order chi connectivity index (χ0) is 21.6. The van der Waals surface area contributed by atoms with Gasteiger partial charge in [-0.3, -0.25) is 9.59 Å². The Balaban J connectivity index is 1.74. The highest BCUT2D eigenvalue weighted by molar-refractivity contribution is 6.11. The minimum atomic E-state index is -0.389. The highest BCUT2D eigenvalue weighted by atomic mass is 16.3. The predicted octanol–water partition coefficient (Wildman–Crippen LogP) is 4.67. The van der Waals surface area contributed by atoms with Gasteiger partial charge in [0.1, 0.15) is 5.52 Å². The van der Waals surface area contributed by atoms with E-state index in [9.17, 15) is 9.59 Å². The van der Waals surface area contributed by atoms with Crippen LogP contribution in [0.4, 0.5) is 5.69 Å². The third-order valence-electron chi connectivity index (χ3n) is 4.82.